The van der Waals surface area contributed by atoms with E-state index in [1.807, 2.05) is 45.9 Å². The highest BCUT2D eigenvalue weighted by atomic mass is 16.6. The lowest BCUT2D eigenvalue weighted by molar-refractivity contribution is -0.148. The number of carbonyl (C=O) groups excluding carboxylic acids is 1. The molecule has 0 fully saturated rings. The number of esters is 1. The van der Waals surface area contributed by atoms with Crippen LogP contribution < -0.4 is 0 Å². The normalized spacial score (nSPS) is 12.0. The fourth-order valence-corrected chi connectivity index (χ4v) is 2.11. The van der Waals surface area contributed by atoms with Crippen LogP contribution in [0, 0.1) is 6.92 Å². The van der Waals surface area contributed by atoms with Crippen LogP contribution in [0.2, 0.25) is 0 Å². The van der Waals surface area contributed by atoms with Crippen molar-refractivity contribution in [2.75, 3.05) is 0 Å². The van der Waals surface area contributed by atoms with Crippen molar-refractivity contribution in [1.82, 2.24) is 0 Å². The molecule has 0 saturated carbocycles. The van der Waals surface area contributed by atoms with Crippen molar-refractivity contribution in [2.24, 2.45) is 0 Å². The second kappa shape index (κ2) is 5.49. The van der Waals surface area contributed by atoms with Gasteiger partial charge in [-0.2, -0.15) is 0 Å². The van der Waals surface area contributed by atoms with Crippen molar-refractivity contribution in [3.8, 4) is 0 Å². The molecule has 0 heterocycles. The first-order valence-electron chi connectivity index (χ1n) is 6.76. The molecule has 2 aromatic carbocycles. The minimum atomic E-state index is -0.463. The van der Waals surface area contributed by atoms with Gasteiger partial charge in [-0.05, 0) is 55.7 Å². The van der Waals surface area contributed by atoms with Gasteiger partial charge < -0.3 is 4.74 Å². The molecule has 0 saturated heterocycles. The molecule has 2 nitrogen and oxygen atoms in total. The minimum Gasteiger partial charge on any atom is -0.457 e. The van der Waals surface area contributed by atoms with Crippen molar-refractivity contribution in [1.29, 1.82) is 0 Å². The summed E-state index contributed by atoms with van der Waals surface area (Å²) in [6.45, 7) is 7.63. The average Bonchev–Trinajstić information content (AvgIpc) is 2.35. The zero-order valence-corrected chi connectivity index (χ0v) is 12.4. The summed E-state index contributed by atoms with van der Waals surface area (Å²) in [5, 5.41) is 2.31. The van der Waals surface area contributed by atoms with Crippen LogP contribution in [0.1, 0.15) is 31.9 Å². The maximum Gasteiger partial charge on any atom is 0.331 e. The summed E-state index contributed by atoms with van der Waals surface area (Å²) in [6.07, 6.45) is 3.34. The number of hydrogen-bond acceptors (Lipinski definition) is 2. The lowest BCUT2D eigenvalue weighted by Crippen LogP contribution is -2.22. The first kappa shape index (κ1) is 14.3. The Hall–Kier alpha value is -2.09. The Bertz CT molecular complexity index is 661. The van der Waals surface area contributed by atoms with E-state index < -0.39 is 5.60 Å². The topological polar surface area (TPSA) is 26.3 Å². The zero-order chi connectivity index (χ0) is 14.8. The van der Waals surface area contributed by atoms with Crippen LogP contribution in [0.3, 0.4) is 0 Å². The second-order valence-electron chi connectivity index (χ2n) is 5.88. The number of ether oxygens (including phenoxy) is 1. The van der Waals surface area contributed by atoms with Gasteiger partial charge in [0.05, 0.1) is 0 Å². The Morgan fingerprint density at radius 3 is 2.50 bits per heavy atom. The van der Waals surface area contributed by atoms with Crippen molar-refractivity contribution >= 4 is 22.8 Å². The lowest BCUT2D eigenvalue weighted by Gasteiger charge is -2.18. The number of carbonyl (C=O) groups is 1. The van der Waals surface area contributed by atoms with Gasteiger partial charge in [-0.15, -0.1) is 0 Å². The molecule has 2 rings (SSSR count). The highest BCUT2D eigenvalue weighted by Gasteiger charge is 2.14. The van der Waals surface area contributed by atoms with Gasteiger partial charge >= 0.3 is 5.97 Å². The monoisotopic (exact) mass is 268 g/mol. The molecule has 0 radical (unpaired) electrons. The Kier molecular flexibility index (Phi) is 3.93. The Morgan fingerprint density at radius 1 is 1.10 bits per heavy atom. The molecule has 0 N–H and O–H groups in total. The summed E-state index contributed by atoms with van der Waals surface area (Å²) in [6, 6.07) is 12.3. The average molecular weight is 268 g/mol. The number of fused-ring (bicyclic) bond motifs is 1. The van der Waals surface area contributed by atoms with E-state index in [0.717, 1.165) is 16.5 Å². The van der Waals surface area contributed by atoms with Gasteiger partial charge in [0, 0.05) is 6.08 Å². The largest absolute Gasteiger partial charge is 0.457 e. The summed E-state index contributed by atoms with van der Waals surface area (Å²) in [5.74, 6) is -0.315. The molecule has 0 aliphatic heterocycles. The summed E-state index contributed by atoms with van der Waals surface area (Å²) >= 11 is 0. The van der Waals surface area contributed by atoms with Crippen LogP contribution in [-0.2, 0) is 9.53 Å². The fraction of sp³-hybridized carbons (Fsp3) is 0.278. The Morgan fingerprint density at radius 2 is 1.80 bits per heavy atom. The molecule has 0 bridgehead atoms. The van der Waals surface area contributed by atoms with E-state index in [1.165, 1.54) is 11.5 Å². The van der Waals surface area contributed by atoms with Crippen molar-refractivity contribution in [2.45, 2.75) is 33.3 Å². The van der Waals surface area contributed by atoms with E-state index in [2.05, 4.69) is 24.3 Å². The summed E-state index contributed by atoms with van der Waals surface area (Å²) < 4.78 is 5.29. The number of benzene rings is 2. The van der Waals surface area contributed by atoms with Crippen LogP contribution in [0.5, 0.6) is 0 Å². The van der Waals surface area contributed by atoms with E-state index in [1.54, 1.807) is 0 Å². The molecule has 0 unspecified atom stereocenters. The summed E-state index contributed by atoms with van der Waals surface area (Å²) in [5.41, 5.74) is 1.74. The number of aryl methyl sites for hydroxylation is 1. The van der Waals surface area contributed by atoms with Gasteiger partial charge in [0.25, 0.3) is 0 Å². The van der Waals surface area contributed by atoms with Gasteiger partial charge in [-0.3, -0.25) is 0 Å². The van der Waals surface area contributed by atoms with Gasteiger partial charge in [0.2, 0.25) is 0 Å². The smallest absolute Gasteiger partial charge is 0.331 e. The minimum absolute atomic E-state index is 0.315. The first-order chi connectivity index (χ1) is 9.37. The zero-order valence-electron chi connectivity index (χ0n) is 12.4. The third-order valence-electron chi connectivity index (χ3n) is 2.98. The van der Waals surface area contributed by atoms with E-state index in [0.29, 0.717) is 0 Å². The number of hydrogen-bond donors (Lipinski definition) is 0. The van der Waals surface area contributed by atoms with Gasteiger partial charge in [-0.25, -0.2) is 4.79 Å². The predicted octanol–water partition coefficient (Wildman–Crippen LogP) is 4.50. The maximum atomic E-state index is 11.8. The standard InChI is InChI=1S/C18H20O2/c1-13-9-10-14-7-5-6-8-16(14)15(13)11-12-17(19)20-18(2,3)4/h5-12H,1-4H3/b12-11+. The van der Waals surface area contributed by atoms with Gasteiger partial charge in [-0.1, -0.05) is 36.4 Å². The van der Waals surface area contributed by atoms with E-state index >= 15 is 0 Å². The molecular formula is C18H20O2. The Labute approximate surface area is 120 Å². The summed E-state index contributed by atoms with van der Waals surface area (Å²) in [4.78, 5) is 11.8. The van der Waals surface area contributed by atoms with Gasteiger partial charge in [0.15, 0.2) is 0 Å². The molecule has 0 atom stereocenters. The molecule has 0 spiro atoms. The lowest BCUT2D eigenvalue weighted by atomic mass is 9.99. The highest BCUT2D eigenvalue weighted by Crippen LogP contribution is 2.23. The maximum absolute atomic E-state index is 11.8. The molecule has 2 aromatic rings. The van der Waals surface area contributed by atoms with Crippen LogP contribution in [0.25, 0.3) is 16.8 Å². The third-order valence-corrected chi connectivity index (χ3v) is 2.98. The fourth-order valence-electron chi connectivity index (χ4n) is 2.11. The SMILES string of the molecule is Cc1ccc2ccccc2c1/C=C/C(=O)OC(C)(C)C. The molecule has 20 heavy (non-hydrogen) atoms. The molecule has 104 valence electrons. The van der Waals surface area contributed by atoms with Crippen molar-refractivity contribution in [3.05, 3.63) is 53.6 Å². The van der Waals surface area contributed by atoms with E-state index in [-0.39, 0.29) is 5.97 Å². The van der Waals surface area contributed by atoms with Crippen LogP contribution in [0.4, 0.5) is 0 Å². The molecule has 0 aromatic heterocycles. The highest BCUT2D eigenvalue weighted by molar-refractivity contribution is 5.95. The molecule has 0 aliphatic rings. The molecule has 0 amide bonds. The second-order valence-corrected chi connectivity index (χ2v) is 5.88. The van der Waals surface area contributed by atoms with Crippen LogP contribution in [0.15, 0.2) is 42.5 Å². The Balaban J connectivity index is 2.34. The predicted molar refractivity (Wildman–Crippen MR) is 83.6 cm³/mol. The number of rotatable bonds is 2. The molecule has 0 aliphatic carbocycles. The van der Waals surface area contributed by atoms with E-state index in [4.69, 9.17) is 4.74 Å². The van der Waals surface area contributed by atoms with Crippen LogP contribution in [-0.4, -0.2) is 11.6 Å². The van der Waals surface area contributed by atoms with Crippen LogP contribution >= 0.6 is 0 Å². The molecule has 2 heteroatoms. The first-order valence-corrected chi connectivity index (χ1v) is 6.76. The van der Waals surface area contributed by atoms with Crippen molar-refractivity contribution in [3.63, 3.8) is 0 Å². The molecular weight excluding hydrogens is 248 g/mol. The van der Waals surface area contributed by atoms with E-state index in [9.17, 15) is 4.79 Å². The third kappa shape index (κ3) is 3.47. The van der Waals surface area contributed by atoms with Crippen molar-refractivity contribution < 1.29 is 9.53 Å². The quantitative estimate of drug-likeness (QED) is 0.592. The van der Waals surface area contributed by atoms with Gasteiger partial charge in [0.1, 0.15) is 5.60 Å². The summed E-state index contributed by atoms with van der Waals surface area (Å²) in [7, 11) is 0.